The Bertz CT molecular complexity index is 419. The third-order valence-corrected chi connectivity index (χ3v) is 1.97. The van der Waals surface area contributed by atoms with Gasteiger partial charge in [0.15, 0.2) is 5.71 Å². The molecule has 1 aliphatic rings. The number of allylic oxidation sites excluding steroid dienone is 1. The van der Waals surface area contributed by atoms with Crippen LogP contribution < -0.4 is 0 Å². The quantitative estimate of drug-likeness (QED) is 0.479. The predicted octanol–water partition coefficient (Wildman–Crippen LogP) is 1.73. The van der Waals surface area contributed by atoms with E-state index in [1.165, 1.54) is 6.08 Å². The van der Waals surface area contributed by atoms with Crippen LogP contribution in [-0.4, -0.2) is 16.7 Å². The van der Waals surface area contributed by atoms with Crippen LogP contribution in [0.1, 0.15) is 15.9 Å². The van der Waals surface area contributed by atoms with Gasteiger partial charge in [-0.1, -0.05) is 35.5 Å². The molecule has 3 heteroatoms. The van der Waals surface area contributed by atoms with E-state index in [9.17, 15) is 4.79 Å². The molecule has 0 aromatic heterocycles. The summed E-state index contributed by atoms with van der Waals surface area (Å²) in [5.74, 6) is -0.236. The standard InChI is InChI=1S/C10H7NO2/c12-10-8-4-2-1-3-7(8)5-6-9(10)11-13/h1-6,13H/b11-9+. The second-order valence-corrected chi connectivity index (χ2v) is 2.73. The normalized spacial score (nSPS) is 17.5. The van der Waals surface area contributed by atoms with Gasteiger partial charge in [0.05, 0.1) is 0 Å². The van der Waals surface area contributed by atoms with Crippen molar-refractivity contribution in [3.05, 3.63) is 41.5 Å². The molecule has 0 bridgehead atoms. The molecule has 1 aromatic rings. The molecule has 0 heterocycles. The summed E-state index contributed by atoms with van der Waals surface area (Å²) in [7, 11) is 0. The highest BCUT2D eigenvalue weighted by Gasteiger charge is 2.18. The molecule has 1 aliphatic carbocycles. The monoisotopic (exact) mass is 173 g/mol. The van der Waals surface area contributed by atoms with Crippen molar-refractivity contribution in [3.63, 3.8) is 0 Å². The Hall–Kier alpha value is -1.90. The van der Waals surface area contributed by atoms with E-state index in [-0.39, 0.29) is 11.5 Å². The molecule has 0 saturated heterocycles. The van der Waals surface area contributed by atoms with Crippen LogP contribution in [0.5, 0.6) is 0 Å². The van der Waals surface area contributed by atoms with Crippen molar-refractivity contribution in [1.82, 2.24) is 0 Å². The first-order valence-electron chi connectivity index (χ1n) is 3.87. The van der Waals surface area contributed by atoms with E-state index in [4.69, 9.17) is 5.21 Å². The van der Waals surface area contributed by atoms with Crippen molar-refractivity contribution >= 4 is 17.6 Å². The smallest absolute Gasteiger partial charge is 0.215 e. The molecule has 0 amide bonds. The summed E-state index contributed by atoms with van der Waals surface area (Å²) >= 11 is 0. The molecule has 2 rings (SSSR count). The van der Waals surface area contributed by atoms with Gasteiger partial charge in [-0.05, 0) is 11.6 Å². The topological polar surface area (TPSA) is 49.7 Å². The molecule has 0 spiro atoms. The summed E-state index contributed by atoms with van der Waals surface area (Å²) in [5, 5.41) is 11.4. The first-order valence-corrected chi connectivity index (χ1v) is 3.87. The average molecular weight is 173 g/mol. The van der Waals surface area contributed by atoms with E-state index in [1.807, 2.05) is 12.1 Å². The van der Waals surface area contributed by atoms with Gasteiger partial charge in [0.25, 0.3) is 0 Å². The third kappa shape index (κ3) is 1.14. The molecule has 64 valence electrons. The van der Waals surface area contributed by atoms with Crippen LogP contribution in [0, 0.1) is 0 Å². The summed E-state index contributed by atoms with van der Waals surface area (Å²) in [6, 6.07) is 7.20. The Kier molecular flexibility index (Phi) is 1.70. The summed E-state index contributed by atoms with van der Waals surface area (Å²) in [6.07, 6.45) is 3.26. The lowest BCUT2D eigenvalue weighted by Crippen LogP contribution is -2.16. The first kappa shape index (κ1) is 7.73. The van der Waals surface area contributed by atoms with Crippen molar-refractivity contribution in [1.29, 1.82) is 0 Å². The van der Waals surface area contributed by atoms with Crippen LogP contribution in [0.3, 0.4) is 0 Å². The molecule has 0 atom stereocenters. The highest BCUT2D eigenvalue weighted by atomic mass is 16.4. The zero-order valence-electron chi connectivity index (χ0n) is 6.77. The number of ketones is 1. The molecule has 13 heavy (non-hydrogen) atoms. The van der Waals surface area contributed by atoms with E-state index < -0.39 is 0 Å². The second kappa shape index (κ2) is 2.86. The number of carbonyl (C=O) groups excluding carboxylic acids is 1. The molecule has 0 unspecified atom stereocenters. The van der Waals surface area contributed by atoms with Crippen LogP contribution in [0.4, 0.5) is 0 Å². The molecule has 0 saturated carbocycles. The van der Waals surface area contributed by atoms with Crippen molar-refractivity contribution in [2.75, 3.05) is 0 Å². The van der Waals surface area contributed by atoms with E-state index in [2.05, 4.69) is 5.16 Å². The van der Waals surface area contributed by atoms with Gasteiger partial charge in [0.1, 0.15) is 0 Å². The largest absolute Gasteiger partial charge is 0.410 e. The fraction of sp³-hybridized carbons (Fsp3) is 0. The number of hydrogen-bond acceptors (Lipinski definition) is 3. The van der Waals surface area contributed by atoms with E-state index in [0.29, 0.717) is 5.56 Å². The Morgan fingerprint density at radius 2 is 1.92 bits per heavy atom. The SMILES string of the molecule is O=C1/C(=N/O)C=Cc2ccccc21. The minimum absolute atomic E-state index is 0.0821. The minimum atomic E-state index is -0.236. The van der Waals surface area contributed by atoms with Gasteiger partial charge < -0.3 is 5.21 Å². The van der Waals surface area contributed by atoms with Crippen LogP contribution in [0.25, 0.3) is 6.08 Å². The Balaban J connectivity index is 2.61. The summed E-state index contributed by atoms with van der Waals surface area (Å²) in [6.45, 7) is 0. The van der Waals surface area contributed by atoms with E-state index in [0.717, 1.165) is 5.56 Å². The minimum Gasteiger partial charge on any atom is -0.410 e. The van der Waals surface area contributed by atoms with Crippen molar-refractivity contribution < 1.29 is 10.0 Å². The number of rotatable bonds is 0. The highest BCUT2D eigenvalue weighted by molar-refractivity contribution is 6.52. The maximum absolute atomic E-state index is 11.5. The fourth-order valence-corrected chi connectivity index (χ4v) is 1.31. The van der Waals surface area contributed by atoms with Gasteiger partial charge in [-0.25, -0.2) is 0 Å². The number of benzene rings is 1. The van der Waals surface area contributed by atoms with Crippen molar-refractivity contribution in [2.45, 2.75) is 0 Å². The molecule has 0 aliphatic heterocycles. The lowest BCUT2D eigenvalue weighted by Gasteiger charge is -2.08. The number of Topliss-reactive ketones (excluding diaryl/α,β-unsaturated/α-hetero) is 1. The Morgan fingerprint density at radius 3 is 2.69 bits per heavy atom. The van der Waals surface area contributed by atoms with Crippen LogP contribution in [0.15, 0.2) is 35.5 Å². The van der Waals surface area contributed by atoms with E-state index in [1.54, 1.807) is 18.2 Å². The molecule has 1 aromatic carbocycles. The highest BCUT2D eigenvalue weighted by Crippen LogP contribution is 2.16. The molecular weight excluding hydrogens is 166 g/mol. The number of fused-ring (bicyclic) bond motifs is 1. The van der Waals surface area contributed by atoms with E-state index >= 15 is 0 Å². The van der Waals surface area contributed by atoms with Gasteiger partial charge in [-0.2, -0.15) is 0 Å². The summed E-state index contributed by atoms with van der Waals surface area (Å²) < 4.78 is 0. The molecule has 3 nitrogen and oxygen atoms in total. The number of carbonyl (C=O) groups is 1. The molecular formula is C10H7NO2. The average Bonchev–Trinajstić information content (AvgIpc) is 2.19. The maximum atomic E-state index is 11.5. The van der Waals surface area contributed by atoms with Gasteiger partial charge in [0, 0.05) is 5.56 Å². The number of nitrogens with zero attached hydrogens (tertiary/aromatic N) is 1. The van der Waals surface area contributed by atoms with Crippen molar-refractivity contribution in [3.8, 4) is 0 Å². The fourth-order valence-electron chi connectivity index (χ4n) is 1.31. The summed E-state index contributed by atoms with van der Waals surface area (Å²) in [5.41, 5.74) is 1.52. The zero-order chi connectivity index (χ0) is 9.26. The maximum Gasteiger partial charge on any atom is 0.215 e. The van der Waals surface area contributed by atoms with Gasteiger partial charge in [-0.3, -0.25) is 4.79 Å². The Morgan fingerprint density at radius 1 is 1.15 bits per heavy atom. The van der Waals surface area contributed by atoms with Gasteiger partial charge in [0.2, 0.25) is 5.78 Å². The molecule has 0 radical (unpaired) electrons. The van der Waals surface area contributed by atoms with Gasteiger partial charge >= 0.3 is 0 Å². The van der Waals surface area contributed by atoms with Crippen LogP contribution in [0.2, 0.25) is 0 Å². The lowest BCUT2D eigenvalue weighted by atomic mass is 9.95. The zero-order valence-corrected chi connectivity index (χ0v) is 6.77. The second-order valence-electron chi connectivity index (χ2n) is 2.73. The number of oxime groups is 1. The number of hydrogen-bond donors (Lipinski definition) is 1. The van der Waals surface area contributed by atoms with Crippen LogP contribution >= 0.6 is 0 Å². The Labute approximate surface area is 75.0 Å². The third-order valence-electron chi connectivity index (χ3n) is 1.97. The van der Waals surface area contributed by atoms with Crippen LogP contribution in [-0.2, 0) is 0 Å². The molecule has 1 N–H and O–H groups in total. The summed E-state index contributed by atoms with van der Waals surface area (Å²) in [4.78, 5) is 11.5. The molecule has 0 fully saturated rings. The van der Waals surface area contributed by atoms with Crippen molar-refractivity contribution in [2.24, 2.45) is 5.16 Å². The first-order chi connectivity index (χ1) is 6.33. The van der Waals surface area contributed by atoms with Gasteiger partial charge in [-0.15, -0.1) is 0 Å². The predicted molar refractivity (Wildman–Crippen MR) is 49.0 cm³/mol. The lowest BCUT2D eigenvalue weighted by molar-refractivity contribution is 0.106.